The molecule has 0 aliphatic heterocycles. The van der Waals surface area contributed by atoms with Gasteiger partial charge in [0.25, 0.3) is 0 Å². The molecular formula is C14H10N2O2. The summed E-state index contributed by atoms with van der Waals surface area (Å²) in [7, 11) is 0. The van der Waals surface area contributed by atoms with Gasteiger partial charge in [-0.3, -0.25) is 0 Å². The van der Waals surface area contributed by atoms with E-state index in [0.717, 1.165) is 0 Å². The summed E-state index contributed by atoms with van der Waals surface area (Å²) in [6.07, 6.45) is 0. The van der Waals surface area contributed by atoms with E-state index in [9.17, 15) is 4.79 Å². The van der Waals surface area contributed by atoms with Crippen LogP contribution in [0.3, 0.4) is 0 Å². The van der Waals surface area contributed by atoms with Gasteiger partial charge >= 0.3 is 5.97 Å². The van der Waals surface area contributed by atoms with Gasteiger partial charge in [0.15, 0.2) is 0 Å². The third kappa shape index (κ3) is 2.86. The van der Waals surface area contributed by atoms with Crippen LogP contribution in [0, 0.1) is 11.3 Å². The lowest BCUT2D eigenvalue weighted by Gasteiger charge is -2.06. The van der Waals surface area contributed by atoms with Crippen LogP contribution in [-0.4, -0.2) is 5.97 Å². The Morgan fingerprint density at radius 1 is 1.06 bits per heavy atom. The summed E-state index contributed by atoms with van der Waals surface area (Å²) in [5.74, 6) is -0.497. The first kappa shape index (κ1) is 11.7. The number of anilines is 1. The molecule has 0 aliphatic carbocycles. The molecule has 88 valence electrons. The van der Waals surface area contributed by atoms with Crippen molar-refractivity contribution in [1.29, 1.82) is 5.26 Å². The van der Waals surface area contributed by atoms with Crippen molar-refractivity contribution in [3.05, 3.63) is 65.7 Å². The molecule has 4 nitrogen and oxygen atoms in total. The number of nitrogens with one attached hydrogen (secondary N) is 1. The Bertz CT molecular complexity index is 571. The van der Waals surface area contributed by atoms with Crippen LogP contribution in [-0.2, 0) is 4.84 Å². The maximum atomic E-state index is 11.6. The lowest BCUT2D eigenvalue weighted by atomic mass is 10.1. The smallest absolute Gasteiger partial charge is 0.338 e. The van der Waals surface area contributed by atoms with E-state index >= 15 is 0 Å². The Balaban J connectivity index is 1.98. The average Bonchev–Trinajstić information content (AvgIpc) is 2.46. The lowest BCUT2D eigenvalue weighted by molar-refractivity contribution is 0.0596. The highest BCUT2D eigenvalue weighted by atomic mass is 16.7. The number of nitrogens with zero attached hydrogens (tertiary/aromatic N) is 1. The van der Waals surface area contributed by atoms with Gasteiger partial charge in [0.1, 0.15) is 0 Å². The van der Waals surface area contributed by atoms with E-state index in [4.69, 9.17) is 10.1 Å². The highest BCUT2D eigenvalue weighted by Gasteiger charge is 2.07. The zero-order valence-electron chi connectivity index (χ0n) is 9.46. The maximum Gasteiger partial charge on any atom is 0.362 e. The zero-order valence-corrected chi connectivity index (χ0v) is 9.46. The summed E-state index contributed by atoms with van der Waals surface area (Å²) in [6.45, 7) is 0. The lowest BCUT2D eigenvalue weighted by Crippen LogP contribution is -2.10. The Morgan fingerprint density at radius 3 is 2.33 bits per heavy atom. The number of benzene rings is 2. The maximum absolute atomic E-state index is 11.6. The van der Waals surface area contributed by atoms with Crippen LogP contribution < -0.4 is 5.48 Å². The highest BCUT2D eigenvalue weighted by Crippen LogP contribution is 2.08. The van der Waals surface area contributed by atoms with Crippen LogP contribution in [0.4, 0.5) is 5.69 Å². The van der Waals surface area contributed by atoms with E-state index in [0.29, 0.717) is 16.8 Å². The molecule has 0 radical (unpaired) electrons. The molecule has 0 amide bonds. The van der Waals surface area contributed by atoms with Crippen LogP contribution in [0.1, 0.15) is 15.9 Å². The predicted octanol–water partition coefficient (Wildman–Crippen LogP) is 2.74. The topological polar surface area (TPSA) is 62.1 Å². The molecule has 2 aromatic carbocycles. The molecule has 2 rings (SSSR count). The second kappa shape index (κ2) is 5.51. The molecule has 0 aromatic heterocycles. The third-order valence-corrected chi connectivity index (χ3v) is 2.29. The quantitative estimate of drug-likeness (QED) is 0.835. The van der Waals surface area contributed by atoms with Crippen LogP contribution in [0.15, 0.2) is 54.6 Å². The van der Waals surface area contributed by atoms with E-state index in [1.807, 2.05) is 24.3 Å². The molecule has 1 N–H and O–H groups in total. The fourth-order valence-corrected chi connectivity index (χ4v) is 1.35. The summed E-state index contributed by atoms with van der Waals surface area (Å²) < 4.78 is 0. The van der Waals surface area contributed by atoms with Gasteiger partial charge in [0.05, 0.1) is 22.9 Å². The molecular weight excluding hydrogens is 228 g/mol. The van der Waals surface area contributed by atoms with Crippen LogP contribution in [0.2, 0.25) is 0 Å². The Labute approximate surface area is 104 Å². The third-order valence-electron chi connectivity index (χ3n) is 2.29. The molecule has 4 heteroatoms. The fraction of sp³-hybridized carbons (Fsp3) is 0. The van der Waals surface area contributed by atoms with Crippen molar-refractivity contribution in [3.8, 4) is 6.07 Å². The molecule has 0 fully saturated rings. The van der Waals surface area contributed by atoms with E-state index in [-0.39, 0.29) is 0 Å². The average molecular weight is 238 g/mol. The van der Waals surface area contributed by atoms with Gasteiger partial charge in [-0.2, -0.15) is 5.26 Å². The first-order valence-corrected chi connectivity index (χ1v) is 5.32. The minimum Gasteiger partial charge on any atom is -0.338 e. The summed E-state index contributed by atoms with van der Waals surface area (Å²) in [4.78, 5) is 16.6. The summed E-state index contributed by atoms with van der Waals surface area (Å²) in [5, 5.41) is 8.64. The van der Waals surface area contributed by atoms with Gasteiger partial charge in [-0.15, -0.1) is 0 Å². The van der Waals surface area contributed by atoms with Gasteiger partial charge in [-0.05, 0) is 36.4 Å². The number of hydrogen-bond donors (Lipinski definition) is 1. The summed E-state index contributed by atoms with van der Waals surface area (Å²) >= 11 is 0. The predicted molar refractivity (Wildman–Crippen MR) is 66.6 cm³/mol. The Hall–Kier alpha value is -2.80. The Kier molecular flexibility index (Phi) is 3.57. The number of rotatable bonds is 3. The molecule has 0 bridgehead atoms. The van der Waals surface area contributed by atoms with Gasteiger partial charge in [-0.1, -0.05) is 18.2 Å². The molecule has 0 saturated carbocycles. The number of nitriles is 1. The summed E-state index contributed by atoms with van der Waals surface area (Å²) in [6, 6.07) is 17.3. The molecule has 0 unspecified atom stereocenters. The second-order valence-electron chi connectivity index (χ2n) is 3.55. The van der Waals surface area contributed by atoms with E-state index in [1.54, 1.807) is 36.4 Å². The number of carbonyl (C=O) groups excluding carboxylic acids is 1. The molecule has 0 atom stereocenters. The molecule has 0 heterocycles. The van der Waals surface area contributed by atoms with Crippen LogP contribution in [0.5, 0.6) is 0 Å². The molecule has 0 spiro atoms. The van der Waals surface area contributed by atoms with Crippen molar-refractivity contribution >= 4 is 11.7 Å². The minimum absolute atomic E-state index is 0.387. The normalized spacial score (nSPS) is 9.28. The van der Waals surface area contributed by atoms with Gasteiger partial charge in [-0.25, -0.2) is 10.3 Å². The van der Waals surface area contributed by atoms with Crippen LogP contribution in [0.25, 0.3) is 0 Å². The van der Waals surface area contributed by atoms with E-state index < -0.39 is 5.97 Å². The molecule has 2 aromatic rings. The Morgan fingerprint density at radius 2 is 1.72 bits per heavy atom. The number of carbonyl (C=O) groups is 1. The zero-order chi connectivity index (χ0) is 12.8. The molecule has 0 saturated heterocycles. The van der Waals surface area contributed by atoms with Crippen molar-refractivity contribution < 1.29 is 9.63 Å². The monoisotopic (exact) mass is 238 g/mol. The van der Waals surface area contributed by atoms with Crippen molar-refractivity contribution in [1.82, 2.24) is 0 Å². The molecule has 18 heavy (non-hydrogen) atoms. The minimum atomic E-state index is -0.497. The van der Waals surface area contributed by atoms with Gasteiger partial charge in [0, 0.05) is 0 Å². The SMILES string of the molecule is N#Cc1ccc(C(=O)ONc2ccccc2)cc1. The number of para-hydroxylation sites is 1. The molecule has 0 aliphatic rings. The van der Waals surface area contributed by atoms with Crippen molar-refractivity contribution in [2.24, 2.45) is 0 Å². The van der Waals surface area contributed by atoms with Crippen molar-refractivity contribution in [2.45, 2.75) is 0 Å². The standard InChI is InChI=1S/C14H10N2O2/c15-10-11-6-8-12(9-7-11)14(17)18-16-13-4-2-1-3-5-13/h1-9,16H. The highest BCUT2D eigenvalue weighted by molar-refractivity contribution is 5.89. The number of hydrogen-bond acceptors (Lipinski definition) is 4. The van der Waals surface area contributed by atoms with Crippen molar-refractivity contribution in [2.75, 3.05) is 5.48 Å². The van der Waals surface area contributed by atoms with Crippen molar-refractivity contribution in [3.63, 3.8) is 0 Å². The first-order valence-electron chi connectivity index (χ1n) is 5.32. The van der Waals surface area contributed by atoms with Gasteiger partial charge in [0.2, 0.25) is 0 Å². The fourth-order valence-electron chi connectivity index (χ4n) is 1.35. The summed E-state index contributed by atoms with van der Waals surface area (Å²) in [5.41, 5.74) is 4.14. The first-order chi connectivity index (χ1) is 8.79. The van der Waals surface area contributed by atoms with E-state index in [2.05, 4.69) is 5.48 Å². The van der Waals surface area contributed by atoms with Gasteiger partial charge < -0.3 is 4.84 Å². The van der Waals surface area contributed by atoms with E-state index in [1.165, 1.54) is 0 Å². The van der Waals surface area contributed by atoms with Crippen LogP contribution >= 0.6 is 0 Å². The largest absolute Gasteiger partial charge is 0.362 e. The second-order valence-corrected chi connectivity index (χ2v) is 3.55.